The number of hydrogen-bond acceptors (Lipinski definition) is 7. The van der Waals surface area contributed by atoms with E-state index >= 15 is 0 Å². The van der Waals surface area contributed by atoms with Gasteiger partial charge in [-0.05, 0) is 66.8 Å². The number of furan rings is 1. The summed E-state index contributed by atoms with van der Waals surface area (Å²) in [6, 6.07) is 15.0. The van der Waals surface area contributed by atoms with Crippen LogP contribution in [-0.4, -0.2) is 43.3 Å². The molecular formula is C27H29N3O5S2. The van der Waals surface area contributed by atoms with Crippen LogP contribution in [0.5, 0.6) is 5.75 Å². The van der Waals surface area contributed by atoms with Crippen LogP contribution in [0.25, 0.3) is 10.2 Å². The third-order valence-corrected chi connectivity index (χ3v) is 9.57. The molecule has 2 aromatic heterocycles. The largest absolute Gasteiger partial charge is 0.497 e. The van der Waals surface area contributed by atoms with Crippen LogP contribution in [0.3, 0.4) is 0 Å². The predicted molar refractivity (Wildman–Crippen MR) is 144 cm³/mol. The Hall–Kier alpha value is -3.21. The van der Waals surface area contributed by atoms with E-state index in [1.807, 2.05) is 12.1 Å². The fourth-order valence-electron chi connectivity index (χ4n) is 4.68. The lowest BCUT2D eigenvalue weighted by Gasteiger charge is -2.28. The van der Waals surface area contributed by atoms with Crippen molar-refractivity contribution in [3.8, 4) is 5.75 Å². The van der Waals surface area contributed by atoms with Crippen molar-refractivity contribution in [1.82, 2.24) is 9.29 Å². The molecule has 1 saturated heterocycles. The number of fused-ring (bicyclic) bond motifs is 1. The lowest BCUT2D eigenvalue weighted by Crippen LogP contribution is -2.47. The Kier molecular flexibility index (Phi) is 7.06. The summed E-state index contributed by atoms with van der Waals surface area (Å²) in [5.41, 5.74) is 1.97. The standard InChI is InChI=1S/C27H29N3O5S2/c1-18(2)22-8-4-10-24-25(22)28-27(36-24)29(17-20-7-6-16-35-20)26(31)23-9-5-15-30(23)37(32,33)21-13-11-19(34-3)12-14-21/h4,6-8,10-14,16,18,23H,5,9,15,17H2,1-3H3. The molecule has 0 saturated carbocycles. The highest BCUT2D eigenvalue weighted by atomic mass is 32.2. The van der Waals surface area contributed by atoms with Gasteiger partial charge in [0.15, 0.2) is 5.13 Å². The zero-order valence-corrected chi connectivity index (χ0v) is 22.6. The van der Waals surface area contributed by atoms with E-state index in [0.717, 1.165) is 15.8 Å². The number of carbonyl (C=O) groups excluding carboxylic acids is 1. The van der Waals surface area contributed by atoms with E-state index in [9.17, 15) is 13.2 Å². The van der Waals surface area contributed by atoms with E-state index in [-0.39, 0.29) is 29.8 Å². The van der Waals surface area contributed by atoms with Crippen LogP contribution in [0, 0.1) is 0 Å². The Bertz CT molecular complexity index is 1490. The van der Waals surface area contributed by atoms with E-state index in [0.29, 0.717) is 29.5 Å². The molecule has 0 aliphatic carbocycles. The number of nitrogens with zero attached hydrogens (tertiary/aromatic N) is 3. The van der Waals surface area contributed by atoms with Gasteiger partial charge in [0.25, 0.3) is 0 Å². The SMILES string of the molecule is COc1ccc(S(=O)(=O)N2CCCC2C(=O)N(Cc2ccco2)c2nc3c(C(C)C)cccc3s2)cc1. The predicted octanol–water partition coefficient (Wildman–Crippen LogP) is 5.41. The van der Waals surface area contributed by atoms with Gasteiger partial charge in [-0.1, -0.05) is 37.3 Å². The summed E-state index contributed by atoms with van der Waals surface area (Å²) in [7, 11) is -2.36. The molecule has 4 aromatic rings. The number of amides is 1. The second kappa shape index (κ2) is 10.3. The second-order valence-corrected chi connectivity index (χ2v) is 12.2. The van der Waals surface area contributed by atoms with Crippen molar-refractivity contribution in [3.05, 3.63) is 72.2 Å². The lowest BCUT2D eigenvalue weighted by atomic mass is 10.0. The first-order valence-electron chi connectivity index (χ1n) is 12.2. The van der Waals surface area contributed by atoms with Gasteiger partial charge < -0.3 is 9.15 Å². The number of methoxy groups -OCH3 is 1. The average molecular weight is 540 g/mol. The van der Waals surface area contributed by atoms with E-state index < -0.39 is 16.1 Å². The number of ether oxygens (including phenoxy) is 1. The normalized spacial score (nSPS) is 16.5. The molecule has 2 aromatic carbocycles. The Labute approximate surface area is 220 Å². The maximum absolute atomic E-state index is 14.1. The number of anilines is 1. The number of para-hydroxylation sites is 1. The average Bonchev–Trinajstić information content (AvgIpc) is 3.67. The van der Waals surface area contributed by atoms with Gasteiger partial charge in [-0.2, -0.15) is 4.31 Å². The molecule has 5 rings (SSSR count). The highest BCUT2D eigenvalue weighted by molar-refractivity contribution is 7.89. The van der Waals surface area contributed by atoms with E-state index in [4.69, 9.17) is 14.1 Å². The highest BCUT2D eigenvalue weighted by Crippen LogP contribution is 2.36. The molecule has 1 atom stereocenters. The molecule has 1 aliphatic heterocycles. The zero-order valence-electron chi connectivity index (χ0n) is 21.0. The minimum Gasteiger partial charge on any atom is -0.497 e. The Morgan fingerprint density at radius 3 is 2.65 bits per heavy atom. The maximum Gasteiger partial charge on any atom is 0.247 e. The molecular weight excluding hydrogens is 510 g/mol. The first-order valence-corrected chi connectivity index (χ1v) is 14.4. The first kappa shape index (κ1) is 25.4. The van der Waals surface area contributed by atoms with Gasteiger partial charge in [-0.15, -0.1) is 0 Å². The van der Waals surface area contributed by atoms with Gasteiger partial charge in [-0.3, -0.25) is 9.69 Å². The number of aromatic nitrogens is 1. The molecule has 8 nitrogen and oxygen atoms in total. The first-order chi connectivity index (χ1) is 17.8. The van der Waals surface area contributed by atoms with Crippen molar-refractivity contribution in [1.29, 1.82) is 0 Å². The molecule has 194 valence electrons. The van der Waals surface area contributed by atoms with E-state index in [1.54, 1.807) is 35.4 Å². The summed E-state index contributed by atoms with van der Waals surface area (Å²) in [6.07, 6.45) is 2.59. The van der Waals surface area contributed by atoms with Crippen molar-refractivity contribution in [3.63, 3.8) is 0 Å². The Morgan fingerprint density at radius 1 is 1.19 bits per heavy atom. The van der Waals surface area contributed by atoms with Gasteiger partial charge in [-0.25, -0.2) is 13.4 Å². The molecule has 1 aliphatic rings. The number of sulfonamides is 1. The van der Waals surface area contributed by atoms with Gasteiger partial charge in [0.1, 0.15) is 17.6 Å². The molecule has 37 heavy (non-hydrogen) atoms. The highest BCUT2D eigenvalue weighted by Gasteiger charge is 2.42. The molecule has 1 amide bonds. The molecule has 0 N–H and O–H groups in total. The van der Waals surface area contributed by atoms with Gasteiger partial charge in [0.2, 0.25) is 15.9 Å². The fourth-order valence-corrected chi connectivity index (χ4v) is 7.33. The van der Waals surface area contributed by atoms with Gasteiger partial charge in [0.05, 0.1) is 35.0 Å². The molecule has 10 heteroatoms. The molecule has 0 bridgehead atoms. The summed E-state index contributed by atoms with van der Waals surface area (Å²) >= 11 is 1.43. The summed E-state index contributed by atoms with van der Waals surface area (Å²) in [5, 5.41) is 0.526. The third kappa shape index (κ3) is 4.88. The molecule has 1 fully saturated rings. The van der Waals surface area contributed by atoms with Crippen LogP contribution in [-0.2, 0) is 21.4 Å². The van der Waals surface area contributed by atoms with Crippen molar-refractivity contribution in [2.45, 2.75) is 50.1 Å². The molecule has 0 radical (unpaired) electrons. The fraction of sp³-hybridized carbons (Fsp3) is 0.333. The summed E-state index contributed by atoms with van der Waals surface area (Å²) in [5.74, 6) is 1.12. The minimum atomic E-state index is -3.89. The van der Waals surface area contributed by atoms with Gasteiger partial charge in [0, 0.05) is 6.54 Å². The number of hydrogen-bond donors (Lipinski definition) is 0. The van der Waals surface area contributed by atoms with Crippen molar-refractivity contribution in [2.24, 2.45) is 0 Å². The number of carbonyl (C=O) groups is 1. The maximum atomic E-state index is 14.1. The van der Waals surface area contributed by atoms with Crippen LogP contribution in [0.2, 0.25) is 0 Å². The van der Waals surface area contributed by atoms with Crippen LogP contribution < -0.4 is 9.64 Å². The smallest absolute Gasteiger partial charge is 0.247 e. The molecule has 3 heterocycles. The monoisotopic (exact) mass is 539 g/mol. The number of thiazole rings is 1. The molecule has 0 spiro atoms. The topological polar surface area (TPSA) is 93.0 Å². The van der Waals surface area contributed by atoms with Crippen LogP contribution >= 0.6 is 11.3 Å². The Balaban J connectivity index is 1.52. The second-order valence-electron chi connectivity index (χ2n) is 9.30. The third-order valence-electron chi connectivity index (χ3n) is 6.61. The zero-order chi connectivity index (χ0) is 26.2. The van der Waals surface area contributed by atoms with Crippen LogP contribution in [0.15, 0.2) is 70.2 Å². The quantitative estimate of drug-likeness (QED) is 0.297. The summed E-state index contributed by atoms with van der Waals surface area (Å²) in [4.78, 5) is 20.7. The van der Waals surface area contributed by atoms with Crippen molar-refractivity contribution >= 4 is 42.6 Å². The minimum absolute atomic E-state index is 0.132. The lowest BCUT2D eigenvalue weighted by molar-refractivity contribution is -0.121. The van der Waals surface area contributed by atoms with Crippen LogP contribution in [0.1, 0.15) is 43.9 Å². The van der Waals surface area contributed by atoms with E-state index in [2.05, 4.69) is 19.9 Å². The van der Waals surface area contributed by atoms with E-state index in [1.165, 1.54) is 34.9 Å². The molecule has 1 unspecified atom stereocenters. The summed E-state index contributed by atoms with van der Waals surface area (Å²) in [6.45, 7) is 4.66. The number of benzene rings is 2. The van der Waals surface area contributed by atoms with Crippen LogP contribution in [0.4, 0.5) is 5.13 Å². The summed E-state index contributed by atoms with van der Waals surface area (Å²) < 4.78 is 40.2. The number of rotatable bonds is 8. The van der Waals surface area contributed by atoms with Gasteiger partial charge >= 0.3 is 0 Å². The Morgan fingerprint density at radius 2 is 1.97 bits per heavy atom. The van der Waals surface area contributed by atoms with Crippen molar-refractivity contribution in [2.75, 3.05) is 18.6 Å². The van der Waals surface area contributed by atoms with Crippen molar-refractivity contribution < 1.29 is 22.4 Å².